The summed E-state index contributed by atoms with van der Waals surface area (Å²) < 4.78 is 42.7. The molecule has 10 heteroatoms. The molecule has 1 aromatic heterocycles. The van der Waals surface area contributed by atoms with Crippen molar-refractivity contribution in [1.29, 1.82) is 0 Å². The number of amides is 2. The van der Waals surface area contributed by atoms with E-state index >= 15 is 4.39 Å². The number of hydrogen-bond donors (Lipinski definition) is 1. The summed E-state index contributed by atoms with van der Waals surface area (Å²) in [7, 11) is 0. The molecule has 1 aliphatic carbocycles. The third-order valence-electron chi connectivity index (χ3n) is 9.94. The van der Waals surface area contributed by atoms with Crippen molar-refractivity contribution in [3.05, 3.63) is 143 Å². The highest BCUT2D eigenvalue weighted by atomic mass is 19.1. The van der Waals surface area contributed by atoms with Crippen LogP contribution >= 0.6 is 0 Å². The van der Waals surface area contributed by atoms with E-state index in [1.54, 1.807) is 17.2 Å². The highest BCUT2D eigenvalue weighted by Gasteiger charge is 2.39. The molecule has 0 spiro atoms. The summed E-state index contributed by atoms with van der Waals surface area (Å²) in [5, 5.41) is 2.84. The number of carbonyl (C=O) groups excluding carboxylic acids is 3. The molecule has 0 fully saturated rings. The molecule has 6 rings (SSSR count). The standard InChI is InChI=1S/C45H47F2N3O5/c1-29(55-30(2)51)43(52)50(23-13-22-48-44(53)54-28-39-36-18-11-9-16-34(36)35-17-10-12-19-37(35)39)42(45(3,4)5)41-24-32(38-25-33(46)20-21-40(38)47)27-49(41)26-31-14-7-6-8-15-31/h6-12,14-21,24-25,27,29,39,42H,13,22-23,26,28H2,1-5H3,(H,48,53)/t29-,42-/m0/s1. The van der Waals surface area contributed by atoms with Crippen molar-refractivity contribution in [3.63, 3.8) is 0 Å². The fourth-order valence-electron chi connectivity index (χ4n) is 7.60. The van der Waals surface area contributed by atoms with Gasteiger partial charge in [0, 0.05) is 55.5 Å². The van der Waals surface area contributed by atoms with Gasteiger partial charge in [-0.15, -0.1) is 0 Å². The Morgan fingerprint density at radius 3 is 2.13 bits per heavy atom. The maximum atomic E-state index is 15.2. The largest absolute Gasteiger partial charge is 0.453 e. The molecule has 1 N–H and O–H groups in total. The Labute approximate surface area is 321 Å². The van der Waals surface area contributed by atoms with Gasteiger partial charge in [0.15, 0.2) is 6.10 Å². The Kier molecular flexibility index (Phi) is 11.8. The first kappa shape index (κ1) is 38.9. The molecular weight excluding hydrogens is 701 g/mol. The van der Waals surface area contributed by atoms with Crippen molar-refractivity contribution in [1.82, 2.24) is 14.8 Å². The number of fused-ring (bicyclic) bond motifs is 3. The fourth-order valence-corrected chi connectivity index (χ4v) is 7.60. The van der Waals surface area contributed by atoms with Gasteiger partial charge in [-0.05, 0) is 70.8 Å². The zero-order valence-corrected chi connectivity index (χ0v) is 31.9. The van der Waals surface area contributed by atoms with Crippen molar-refractivity contribution in [2.24, 2.45) is 5.41 Å². The summed E-state index contributed by atoms with van der Waals surface area (Å²) in [6.07, 6.45) is 0.449. The molecule has 0 aliphatic heterocycles. The van der Waals surface area contributed by atoms with Crippen LogP contribution in [-0.4, -0.2) is 53.2 Å². The summed E-state index contributed by atoms with van der Waals surface area (Å²) in [4.78, 5) is 41.0. The van der Waals surface area contributed by atoms with E-state index in [9.17, 15) is 18.8 Å². The van der Waals surface area contributed by atoms with Crippen LogP contribution in [0.5, 0.6) is 0 Å². The second-order valence-corrected chi connectivity index (χ2v) is 15.0. The molecule has 2 amide bonds. The van der Waals surface area contributed by atoms with Crippen LogP contribution in [0.4, 0.5) is 13.6 Å². The Bertz CT molecular complexity index is 2110. The number of carbonyl (C=O) groups is 3. The molecule has 1 heterocycles. The predicted molar refractivity (Wildman–Crippen MR) is 208 cm³/mol. The van der Waals surface area contributed by atoms with E-state index in [1.807, 2.05) is 79.9 Å². The highest BCUT2D eigenvalue weighted by molar-refractivity contribution is 5.84. The summed E-state index contributed by atoms with van der Waals surface area (Å²) in [5.74, 6) is -2.26. The predicted octanol–water partition coefficient (Wildman–Crippen LogP) is 9.28. The number of benzene rings is 4. The molecule has 4 aromatic carbocycles. The van der Waals surface area contributed by atoms with Crippen LogP contribution in [-0.2, 0) is 25.6 Å². The number of rotatable bonds is 13. The zero-order valence-electron chi connectivity index (χ0n) is 31.9. The fraction of sp³-hybridized carbons (Fsp3) is 0.311. The number of ether oxygens (including phenoxy) is 2. The number of alkyl carbamates (subject to hydrolysis) is 1. The number of aromatic nitrogens is 1. The molecule has 286 valence electrons. The lowest BCUT2D eigenvalue weighted by atomic mass is 9.82. The highest BCUT2D eigenvalue weighted by Crippen LogP contribution is 2.45. The number of halogens is 2. The van der Waals surface area contributed by atoms with E-state index < -0.39 is 47.2 Å². The van der Waals surface area contributed by atoms with E-state index in [0.717, 1.165) is 46.0 Å². The van der Waals surface area contributed by atoms with Gasteiger partial charge in [0.1, 0.15) is 18.2 Å². The van der Waals surface area contributed by atoms with Gasteiger partial charge in [-0.3, -0.25) is 9.59 Å². The normalized spacial score (nSPS) is 13.4. The van der Waals surface area contributed by atoms with Gasteiger partial charge in [-0.2, -0.15) is 0 Å². The molecule has 1 aliphatic rings. The van der Waals surface area contributed by atoms with E-state index in [4.69, 9.17) is 9.47 Å². The number of nitrogens with zero attached hydrogens (tertiary/aromatic N) is 2. The van der Waals surface area contributed by atoms with Gasteiger partial charge < -0.3 is 24.3 Å². The van der Waals surface area contributed by atoms with Crippen LogP contribution in [0.25, 0.3) is 22.3 Å². The lowest BCUT2D eigenvalue weighted by molar-refractivity contribution is -0.160. The third kappa shape index (κ3) is 8.96. The molecule has 0 unspecified atom stereocenters. The summed E-state index contributed by atoms with van der Waals surface area (Å²) >= 11 is 0. The molecule has 8 nitrogen and oxygen atoms in total. The summed E-state index contributed by atoms with van der Waals surface area (Å²) in [6.45, 7) is 9.69. The maximum Gasteiger partial charge on any atom is 0.407 e. The molecule has 0 radical (unpaired) electrons. The van der Waals surface area contributed by atoms with Crippen LogP contribution in [0.3, 0.4) is 0 Å². The summed E-state index contributed by atoms with van der Waals surface area (Å²) in [6, 6.07) is 30.4. The number of esters is 1. The topological polar surface area (TPSA) is 89.9 Å². The Balaban J connectivity index is 1.24. The number of hydrogen-bond acceptors (Lipinski definition) is 5. The Hall–Kier alpha value is -5.77. The van der Waals surface area contributed by atoms with Gasteiger partial charge in [0.05, 0.1) is 6.04 Å². The average Bonchev–Trinajstić information content (AvgIpc) is 3.70. The molecule has 0 saturated heterocycles. The van der Waals surface area contributed by atoms with Crippen molar-refractivity contribution in [3.8, 4) is 22.3 Å². The zero-order chi connectivity index (χ0) is 39.3. The van der Waals surface area contributed by atoms with Crippen LogP contribution in [0.15, 0.2) is 109 Å². The molecule has 0 bridgehead atoms. The SMILES string of the molecule is CC(=O)O[C@@H](C)C(=O)N(CCCNC(=O)OCC1c2ccccc2-c2ccccc21)[C@@H](c1cc(-c2cc(F)ccc2F)cn1Cc1ccccc1)C(C)(C)C. The molecule has 0 saturated carbocycles. The Morgan fingerprint density at radius 1 is 0.855 bits per heavy atom. The van der Waals surface area contributed by atoms with E-state index in [1.165, 1.54) is 13.8 Å². The minimum Gasteiger partial charge on any atom is -0.453 e. The van der Waals surface area contributed by atoms with Gasteiger partial charge in [0.25, 0.3) is 5.91 Å². The summed E-state index contributed by atoms with van der Waals surface area (Å²) in [5.41, 5.74) is 6.10. The van der Waals surface area contributed by atoms with E-state index in [0.29, 0.717) is 24.2 Å². The van der Waals surface area contributed by atoms with Crippen LogP contribution in [0, 0.1) is 17.0 Å². The molecule has 55 heavy (non-hydrogen) atoms. The lowest BCUT2D eigenvalue weighted by Crippen LogP contribution is -2.47. The second-order valence-electron chi connectivity index (χ2n) is 15.0. The van der Waals surface area contributed by atoms with Crippen molar-refractivity contribution < 1.29 is 32.6 Å². The van der Waals surface area contributed by atoms with Crippen LogP contribution in [0.1, 0.15) is 75.4 Å². The lowest BCUT2D eigenvalue weighted by Gasteiger charge is -2.42. The molecular formula is C45H47F2N3O5. The van der Waals surface area contributed by atoms with Gasteiger partial charge in [-0.1, -0.05) is 99.6 Å². The minimum atomic E-state index is -1.10. The minimum absolute atomic E-state index is 0.0838. The maximum absolute atomic E-state index is 15.2. The average molecular weight is 748 g/mol. The number of nitrogens with one attached hydrogen (secondary N) is 1. The molecule has 2 atom stereocenters. The van der Waals surface area contributed by atoms with E-state index in [-0.39, 0.29) is 31.2 Å². The first-order valence-electron chi connectivity index (χ1n) is 18.6. The van der Waals surface area contributed by atoms with Gasteiger partial charge in [0.2, 0.25) is 0 Å². The van der Waals surface area contributed by atoms with Gasteiger partial charge in [-0.25, -0.2) is 13.6 Å². The van der Waals surface area contributed by atoms with Crippen LogP contribution in [0.2, 0.25) is 0 Å². The third-order valence-corrected chi connectivity index (χ3v) is 9.94. The van der Waals surface area contributed by atoms with Crippen molar-refractivity contribution in [2.75, 3.05) is 19.7 Å². The first-order chi connectivity index (χ1) is 26.3. The second kappa shape index (κ2) is 16.7. The first-order valence-corrected chi connectivity index (χ1v) is 18.6. The van der Waals surface area contributed by atoms with E-state index in [2.05, 4.69) is 29.6 Å². The monoisotopic (exact) mass is 747 g/mol. The molecule has 5 aromatic rings. The Morgan fingerprint density at radius 2 is 1.49 bits per heavy atom. The quantitative estimate of drug-likeness (QED) is 0.0959. The smallest absolute Gasteiger partial charge is 0.407 e. The van der Waals surface area contributed by atoms with Gasteiger partial charge >= 0.3 is 12.1 Å². The van der Waals surface area contributed by atoms with Crippen molar-refractivity contribution >= 4 is 18.0 Å². The van der Waals surface area contributed by atoms with Crippen LogP contribution < -0.4 is 5.32 Å². The van der Waals surface area contributed by atoms with Crippen molar-refractivity contribution in [2.45, 2.75) is 65.6 Å².